The summed E-state index contributed by atoms with van der Waals surface area (Å²) in [5, 5.41) is 4.14. The van der Waals surface area contributed by atoms with Gasteiger partial charge in [0.05, 0.1) is 11.1 Å². The largest absolute Gasteiger partial charge is 0.323 e. The quantitative estimate of drug-likeness (QED) is 0.651. The van der Waals surface area contributed by atoms with Crippen LogP contribution >= 0.6 is 23.4 Å². The number of aromatic nitrogens is 2. The zero-order chi connectivity index (χ0) is 16.9. The number of piperazine rings is 1. The van der Waals surface area contributed by atoms with Crippen molar-refractivity contribution >= 4 is 29.3 Å². The molecule has 0 saturated carbocycles. The second-order valence-electron chi connectivity index (χ2n) is 5.87. The summed E-state index contributed by atoms with van der Waals surface area (Å²) in [7, 11) is 2.14. The van der Waals surface area contributed by atoms with Crippen LogP contribution in [0.5, 0.6) is 0 Å². The smallest absolute Gasteiger partial charge is 0.228 e. The van der Waals surface area contributed by atoms with Crippen molar-refractivity contribution in [2.45, 2.75) is 17.6 Å². The van der Waals surface area contributed by atoms with Crippen molar-refractivity contribution in [3.05, 3.63) is 47.2 Å². The first-order chi connectivity index (χ1) is 11.7. The molecule has 0 amide bonds. The van der Waals surface area contributed by atoms with E-state index >= 15 is 0 Å². The average Bonchev–Trinajstić information content (AvgIpc) is 2.61. The lowest BCUT2D eigenvalue weighted by molar-refractivity contribution is 0.241. The summed E-state index contributed by atoms with van der Waals surface area (Å²) in [5.74, 6) is 0.691. The van der Waals surface area contributed by atoms with Crippen LogP contribution in [0.1, 0.15) is 5.56 Å². The van der Waals surface area contributed by atoms with Crippen LogP contribution in [0.15, 0.2) is 41.4 Å². The second-order valence-corrected chi connectivity index (χ2v) is 7.07. The number of rotatable bonds is 5. The van der Waals surface area contributed by atoms with Gasteiger partial charge < -0.3 is 9.80 Å². The molecule has 0 aliphatic carbocycles. The predicted molar refractivity (Wildman–Crippen MR) is 101 cm³/mol. The highest BCUT2D eigenvalue weighted by Gasteiger charge is 2.27. The fourth-order valence-electron chi connectivity index (χ4n) is 2.78. The zero-order valence-corrected chi connectivity index (χ0v) is 15.5. The number of hydrogen-bond acceptors (Lipinski definition) is 6. The van der Waals surface area contributed by atoms with E-state index in [9.17, 15) is 0 Å². The van der Waals surface area contributed by atoms with Gasteiger partial charge in [-0.05, 0) is 18.9 Å². The molecule has 3 rings (SSSR count). The minimum atomic E-state index is 0.153. The van der Waals surface area contributed by atoms with Crippen LogP contribution < -0.4 is 10.2 Å². The SMILES string of the molecule is CSc1cnc(N2CCN(C)CC2NCc2ccccc2)nc1Cl. The van der Waals surface area contributed by atoms with Crippen LogP contribution in [-0.2, 0) is 6.54 Å². The van der Waals surface area contributed by atoms with Gasteiger partial charge in [-0.1, -0.05) is 41.9 Å². The van der Waals surface area contributed by atoms with Gasteiger partial charge in [0, 0.05) is 32.4 Å². The van der Waals surface area contributed by atoms with Crippen molar-refractivity contribution < 1.29 is 0 Å². The van der Waals surface area contributed by atoms with Crippen LogP contribution in [-0.4, -0.2) is 54.0 Å². The van der Waals surface area contributed by atoms with E-state index in [-0.39, 0.29) is 6.17 Å². The lowest BCUT2D eigenvalue weighted by Crippen LogP contribution is -2.58. The van der Waals surface area contributed by atoms with Gasteiger partial charge in [-0.3, -0.25) is 5.32 Å². The Kier molecular flexibility index (Phi) is 5.94. The highest BCUT2D eigenvalue weighted by Crippen LogP contribution is 2.25. The van der Waals surface area contributed by atoms with Crippen LogP contribution in [0.4, 0.5) is 5.95 Å². The fraction of sp³-hybridized carbons (Fsp3) is 0.412. The Balaban J connectivity index is 1.75. The fourth-order valence-corrected chi connectivity index (χ4v) is 3.51. The summed E-state index contributed by atoms with van der Waals surface area (Å²) in [6, 6.07) is 10.4. The minimum absolute atomic E-state index is 0.153. The van der Waals surface area contributed by atoms with Crippen LogP contribution in [0.3, 0.4) is 0 Å². The van der Waals surface area contributed by atoms with Crippen molar-refractivity contribution in [1.82, 2.24) is 20.2 Å². The maximum atomic E-state index is 6.27. The number of halogens is 1. The predicted octanol–water partition coefficient (Wildman–Crippen LogP) is 2.72. The Morgan fingerprint density at radius 2 is 2.08 bits per heavy atom. The van der Waals surface area contributed by atoms with Crippen LogP contribution in [0, 0.1) is 0 Å². The Labute approximate surface area is 152 Å². The number of hydrogen-bond donors (Lipinski definition) is 1. The molecule has 1 N–H and O–H groups in total. The van der Waals surface area contributed by atoms with E-state index in [1.807, 2.05) is 18.5 Å². The van der Waals surface area contributed by atoms with Crippen molar-refractivity contribution in [3.8, 4) is 0 Å². The first-order valence-corrected chi connectivity index (χ1v) is 9.56. The van der Waals surface area contributed by atoms with Gasteiger partial charge in [0.1, 0.15) is 5.15 Å². The summed E-state index contributed by atoms with van der Waals surface area (Å²) < 4.78 is 0. The standard InChI is InChI=1S/C17H22ClN5S/c1-22-8-9-23(17-20-11-14(24-2)16(18)21-17)15(12-22)19-10-13-6-4-3-5-7-13/h3-7,11,15,19H,8-10,12H2,1-2H3. The van der Waals surface area contributed by atoms with E-state index in [4.69, 9.17) is 11.6 Å². The number of likely N-dealkylation sites (N-methyl/N-ethyl adjacent to an activating group) is 1. The summed E-state index contributed by atoms with van der Waals surface area (Å²) in [6.45, 7) is 3.58. The van der Waals surface area contributed by atoms with E-state index < -0.39 is 0 Å². The van der Waals surface area contributed by atoms with Gasteiger partial charge in [-0.2, -0.15) is 4.98 Å². The van der Waals surface area contributed by atoms with Gasteiger partial charge in [-0.15, -0.1) is 11.8 Å². The maximum absolute atomic E-state index is 6.27. The second kappa shape index (κ2) is 8.16. The van der Waals surface area contributed by atoms with Crippen molar-refractivity contribution in [2.75, 3.05) is 37.8 Å². The number of nitrogens with zero attached hydrogens (tertiary/aromatic N) is 4. The molecule has 2 heterocycles. The van der Waals surface area contributed by atoms with Gasteiger partial charge in [0.15, 0.2) is 0 Å². The summed E-state index contributed by atoms with van der Waals surface area (Å²) >= 11 is 7.83. The molecule has 0 radical (unpaired) electrons. The Morgan fingerprint density at radius 1 is 1.29 bits per heavy atom. The topological polar surface area (TPSA) is 44.3 Å². The molecule has 1 unspecified atom stereocenters. The molecule has 1 aliphatic rings. The van der Waals surface area contributed by atoms with Gasteiger partial charge in [-0.25, -0.2) is 4.98 Å². The first kappa shape index (κ1) is 17.5. The van der Waals surface area contributed by atoms with Crippen LogP contribution in [0.2, 0.25) is 5.15 Å². The van der Waals surface area contributed by atoms with Crippen molar-refractivity contribution in [2.24, 2.45) is 0 Å². The van der Waals surface area contributed by atoms with Crippen molar-refractivity contribution in [3.63, 3.8) is 0 Å². The van der Waals surface area contributed by atoms with Gasteiger partial charge in [0.25, 0.3) is 0 Å². The van der Waals surface area contributed by atoms with Crippen LogP contribution in [0.25, 0.3) is 0 Å². The Hall–Kier alpha value is -1.34. The molecule has 24 heavy (non-hydrogen) atoms. The third-order valence-electron chi connectivity index (χ3n) is 4.14. The minimum Gasteiger partial charge on any atom is -0.323 e. The molecule has 1 fully saturated rings. The molecule has 1 aromatic heterocycles. The lowest BCUT2D eigenvalue weighted by Gasteiger charge is -2.40. The first-order valence-electron chi connectivity index (χ1n) is 7.96. The molecule has 5 nitrogen and oxygen atoms in total. The third-order valence-corrected chi connectivity index (χ3v) is 5.28. The molecule has 7 heteroatoms. The number of anilines is 1. The normalized spacial score (nSPS) is 18.8. The highest BCUT2D eigenvalue weighted by molar-refractivity contribution is 7.98. The summed E-state index contributed by atoms with van der Waals surface area (Å²) in [5.41, 5.74) is 1.27. The average molecular weight is 364 g/mol. The molecule has 1 atom stereocenters. The van der Waals surface area contributed by atoms with Crippen molar-refractivity contribution in [1.29, 1.82) is 0 Å². The van der Waals surface area contributed by atoms with E-state index in [1.165, 1.54) is 5.56 Å². The Morgan fingerprint density at radius 3 is 2.79 bits per heavy atom. The van der Waals surface area contributed by atoms with E-state index in [1.54, 1.807) is 11.8 Å². The van der Waals surface area contributed by atoms with E-state index in [0.717, 1.165) is 31.1 Å². The molecule has 0 spiro atoms. The maximum Gasteiger partial charge on any atom is 0.228 e. The number of benzene rings is 1. The zero-order valence-electron chi connectivity index (χ0n) is 13.9. The molecule has 1 aromatic carbocycles. The summed E-state index contributed by atoms with van der Waals surface area (Å²) in [4.78, 5) is 14.4. The highest BCUT2D eigenvalue weighted by atomic mass is 35.5. The molecular formula is C17H22ClN5S. The van der Waals surface area contributed by atoms with Gasteiger partial charge >= 0.3 is 0 Å². The van der Waals surface area contributed by atoms with Gasteiger partial charge in [0.2, 0.25) is 5.95 Å². The molecule has 1 aliphatic heterocycles. The molecule has 128 valence electrons. The molecular weight excluding hydrogens is 342 g/mol. The van der Waals surface area contributed by atoms with E-state index in [0.29, 0.717) is 11.1 Å². The molecule has 1 saturated heterocycles. The third kappa shape index (κ3) is 4.19. The number of thioether (sulfide) groups is 1. The lowest BCUT2D eigenvalue weighted by atomic mass is 10.2. The molecule has 2 aromatic rings. The summed E-state index contributed by atoms with van der Waals surface area (Å²) in [6.07, 6.45) is 3.94. The Bertz CT molecular complexity index is 669. The number of nitrogens with one attached hydrogen (secondary N) is 1. The molecule has 0 bridgehead atoms. The monoisotopic (exact) mass is 363 g/mol. The van der Waals surface area contributed by atoms with E-state index in [2.05, 4.69) is 56.4 Å².